The number of ether oxygens (including phenoxy) is 1. The van der Waals surface area contributed by atoms with Crippen LogP contribution in [0, 0.1) is 0 Å². The Kier molecular flexibility index (Phi) is 5.39. The number of carboxylic acids is 1. The Labute approximate surface area is 141 Å². The third-order valence-electron chi connectivity index (χ3n) is 3.32. The molecule has 0 spiro atoms. The highest BCUT2D eigenvalue weighted by atomic mass is 35.5. The van der Waals surface area contributed by atoms with Gasteiger partial charge in [-0.2, -0.15) is 13.2 Å². The molecule has 0 fully saturated rings. The summed E-state index contributed by atoms with van der Waals surface area (Å²) in [6.07, 6.45) is -3.12. The van der Waals surface area contributed by atoms with Crippen molar-refractivity contribution in [1.29, 1.82) is 0 Å². The zero-order valence-corrected chi connectivity index (χ0v) is 13.4. The van der Waals surface area contributed by atoms with E-state index in [9.17, 15) is 23.1 Å². The van der Waals surface area contributed by atoms with Crippen LogP contribution < -0.4 is 4.74 Å². The molecule has 128 valence electrons. The minimum absolute atomic E-state index is 0.0178. The van der Waals surface area contributed by atoms with Gasteiger partial charge in [-0.25, -0.2) is 4.79 Å². The van der Waals surface area contributed by atoms with Crippen molar-refractivity contribution in [2.45, 2.75) is 25.9 Å². The first-order valence-corrected chi connectivity index (χ1v) is 7.51. The monoisotopic (exact) mass is 358 g/mol. The molecular weight excluding hydrogens is 345 g/mol. The van der Waals surface area contributed by atoms with E-state index in [4.69, 9.17) is 16.3 Å². The number of hydrogen-bond donors (Lipinski definition) is 1. The minimum atomic E-state index is -4.50. The minimum Gasteiger partial charge on any atom is -0.478 e. The average molecular weight is 359 g/mol. The van der Waals surface area contributed by atoms with Crippen molar-refractivity contribution >= 4 is 17.6 Å². The molecule has 0 aromatic heterocycles. The Morgan fingerprint density at radius 1 is 1.21 bits per heavy atom. The second-order valence-corrected chi connectivity index (χ2v) is 5.53. The summed E-state index contributed by atoms with van der Waals surface area (Å²) in [5, 5.41) is 9.05. The number of aromatic carboxylic acids is 1. The van der Waals surface area contributed by atoms with Crippen LogP contribution in [0.1, 0.15) is 34.8 Å². The fraction of sp³-hybridized carbons (Fsp3) is 0.235. The second kappa shape index (κ2) is 7.13. The van der Waals surface area contributed by atoms with Crippen LogP contribution in [0.3, 0.4) is 0 Å². The number of hydrogen-bond acceptors (Lipinski definition) is 2. The van der Waals surface area contributed by atoms with Gasteiger partial charge in [0.1, 0.15) is 11.5 Å². The molecule has 24 heavy (non-hydrogen) atoms. The lowest BCUT2D eigenvalue weighted by molar-refractivity contribution is -0.137. The maximum atomic E-state index is 12.6. The van der Waals surface area contributed by atoms with Gasteiger partial charge in [0.15, 0.2) is 0 Å². The van der Waals surface area contributed by atoms with E-state index in [1.165, 1.54) is 6.07 Å². The zero-order valence-electron chi connectivity index (χ0n) is 12.7. The van der Waals surface area contributed by atoms with Crippen molar-refractivity contribution in [1.82, 2.24) is 0 Å². The molecule has 2 aromatic rings. The van der Waals surface area contributed by atoms with E-state index in [-0.39, 0.29) is 22.1 Å². The standard InChI is InChI=1S/C17H14ClF3O3/c1-2-3-10-4-6-12(9-13(10)16(22)23)24-15-7-5-11(8-14(15)18)17(19,20)21/h4-9H,2-3H2,1H3,(H,22,23). The van der Waals surface area contributed by atoms with Gasteiger partial charge in [0.05, 0.1) is 16.1 Å². The first kappa shape index (κ1) is 18.1. The summed E-state index contributed by atoms with van der Waals surface area (Å²) in [5.41, 5.74) is -0.127. The molecule has 0 heterocycles. The highest BCUT2D eigenvalue weighted by molar-refractivity contribution is 6.32. The largest absolute Gasteiger partial charge is 0.478 e. The summed E-state index contributed by atoms with van der Waals surface area (Å²) in [6.45, 7) is 1.93. The molecule has 0 aliphatic heterocycles. The Morgan fingerprint density at radius 3 is 2.46 bits per heavy atom. The molecule has 7 heteroatoms. The lowest BCUT2D eigenvalue weighted by Gasteiger charge is -2.12. The maximum absolute atomic E-state index is 12.6. The van der Waals surface area contributed by atoms with Crippen molar-refractivity contribution in [2.75, 3.05) is 0 Å². The van der Waals surface area contributed by atoms with Crippen molar-refractivity contribution < 1.29 is 27.8 Å². The van der Waals surface area contributed by atoms with E-state index in [1.54, 1.807) is 12.1 Å². The average Bonchev–Trinajstić information content (AvgIpc) is 2.49. The van der Waals surface area contributed by atoms with Crippen molar-refractivity contribution in [2.24, 2.45) is 0 Å². The van der Waals surface area contributed by atoms with Crippen molar-refractivity contribution in [3.05, 3.63) is 58.1 Å². The predicted octanol–water partition coefficient (Wildman–Crippen LogP) is 5.80. The van der Waals surface area contributed by atoms with E-state index in [2.05, 4.69) is 0 Å². The SMILES string of the molecule is CCCc1ccc(Oc2ccc(C(F)(F)F)cc2Cl)cc1C(=O)O. The number of carbonyl (C=O) groups is 1. The van der Waals surface area contributed by atoms with Gasteiger partial charge in [0.2, 0.25) is 0 Å². The Hall–Kier alpha value is -2.21. The topological polar surface area (TPSA) is 46.5 Å². The first-order chi connectivity index (χ1) is 11.2. The molecule has 2 aromatic carbocycles. The van der Waals surface area contributed by atoms with Crippen LogP contribution in [0.2, 0.25) is 5.02 Å². The van der Waals surface area contributed by atoms with Crippen molar-refractivity contribution in [3.8, 4) is 11.5 Å². The molecular formula is C17H14ClF3O3. The summed E-state index contributed by atoms with van der Waals surface area (Å²) in [4.78, 5) is 11.3. The predicted molar refractivity (Wildman–Crippen MR) is 83.9 cm³/mol. The molecule has 0 unspecified atom stereocenters. The smallest absolute Gasteiger partial charge is 0.416 e. The van der Waals surface area contributed by atoms with Crippen LogP contribution >= 0.6 is 11.6 Å². The maximum Gasteiger partial charge on any atom is 0.416 e. The van der Waals surface area contributed by atoms with Gasteiger partial charge in [-0.15, -0.1) is 0 Å². The molecule has 1 N–H and O–H groups in total. The van der Waals surface area contributed by atoms with E-state index >= 15 is 0 Å². The fourth-order valence-electron chi connectivity index (χ4n) is 2.19. The molecule has 3 nitrogen and oxygen atoms in total. The molecule has 0 radical (unpaired) electrons. The van der Waals surface area contributed by atoms with Gasteiger partial charge in [0, 0.05) is 0 Å². The van der Waals surface area contributed by atoms with Gasteiger partial charge in [-0.3, -0.25) is 0 Å². The molecule has 0 aliphatic rings. The quantitative estimate of drug-likeness (QED) is 0.734. The molecule has 0 saturated carbocycles. The lowest BCUT2D eigenvalue weighted by atomic mass is 10.0. The summed E-state index contributed by atoms with van der Waals surface area (Å²) >= 11 is 5.83. The fourth-order valence-corrected chi connectivity index (χ4v) is 2.41. The first-order valence-electron chi connectivity index (χ1n) is 7.13. The summed E-state index contributed by atoms with van der Waals surface area (Å²) < 4.78 is 43.3. The Morgan fingerprint density at radius 2 is 1.92 bits per heavy atom. The number of halogens is 4. The van der Waals surface area contributed by atoms with Crippen LogP contribution in [0.15, 0.2) is 36.4 Å². The van der Waals surface area contributed by atoms with Gasteiger partial charge in [-0.05, 0) is 42.3 Å². The van der Waals surface area contributed by atoms with E-state index in [0.29, 0.717) is 12.0 Å². The van der Waals surface area contributed by atoms with E-state index in [0.717, 1.165) is 24.6 Å². The van der Waals surface area contributed by atoms with Gasteiger partial charge in [0.25, 0.3) is 0 Å². The van der Waals surface area contributed by atoms with Crippen LogP contribution in [0.4, 0.5) is 13.2 Å². The van der Waals surface area contributed by atoms with Crippen LogP contribution in [0.5, 0.6) is 11.5 Å². The van der Waals surface area contributed by atoms with Crippen LogP contribution in [-0.2, 0) is 12.6 Å². The van der Waals surface area contributed by atoms with E-state index < -0.39 is 17.7 Å². The van der Waals surface area contributed by atoms with Gasteiger partial charge in [-0.1, -0.05) is 31.0 Å². The number of carboxylic acid groups (broad SMARTS) is 1. The summed E-state index contributed by atoms with van der Waals surface area (Å²) in [7, 11) is 0. The number of alkyl halides is 3. The number of rotatable bonds is 5. The van der Waals surface area contributed by atoms with E-state index in [1.807, 2.05) is 6.92 Å². The third-order valence-corrected chi connectivity index (χ3v) is 3.61. The number of aryl methyl sites for hydroxylation is 1. The Balaban J connectivity index is 2.31. The summed E-state index contributed by atoms with van der Waals surface area (Å²) in [6, 6.07) is 7.24. The van der Waals surface area contributed by atoms with Crippen LogP contribution in [-0.4, -0.2) is 11.1 Å². The number of benzene rings is 2. The third kappa shape index (κ3) is 4.20. The normalized spacial score (nSPS) is 11.4. The van der Waals surface area contributed by atoms with Gasteiger partial charge < -0.3 is 9.84 Å². The molecule has 0 bridgehead atoms. The highest BCUT2D eigenvalue weighted by Crippen LogP contribution is 2.36. The zero-order chi connectivity index (χ0) is 17.9. The van der Waals surface area contributed by atoms with Gasteiger partial charge >= 0.3 is 12.1 Å². The molecule has 0 aliphatic carbocycles. The summed E-state index contributed by atoms with van der Waals surface area (Å²) in [5.74, 6) is -0.888. The molecule has 0 amide bonds. The van der Waals surface area contributed by atoms with Crippen molar-refractivity contribution in [3.63, 3.8) is 0 Å². The molecule has 0 atom stereocenters. The molecule has 0 saturated heterocycles. The second-order valence-electron chi connectivity index (χ2n) is 5.12. The lowest BCUT2D eigenvalue weighted by Crippen LogP contribution is -2.05. The highest BCUT2D eigenvalue weighted by Gasteiger charge is 2.31. The Bertz CT molecular complexity index is 757. The van der Waals surface area contributed by atoms with Crippen LogP contribution in [0.25, 0.3) is 0 Å². The molecule has 2 rings (SSSR count).